The van der Waals surface area contributed by atoms with Gasteiger partial charge in [-0.3, -0.25) is 0 Å². The highest BCUT2D eigenvalue weighted by molar-refractivity contribution is 6.09. The second-order valence-electron chi connectivity index (χ2n) is 7.44. The first kappa shape index (κ1) is 17.1. The van der Waals surface area contributed by atoms with Crippen LogP contribution >= 0.6 is 0 Å². The fourth-order valence-corrected chi connectivity index (χ4v) is 4.43. The van der Waals surface area contributed by atoms with E-state index < -0.39 is 0 Å². The molecule has 1 saturated heterocycles. The van der Waals surface area contributed by atoms with Gasteiger partial charge in [-0.1, -0.05) is 48.5 Å². The molecule has 1 aliphatic heterocycles. The number of hydrogen-bond acceptors (Lipinski definition) is 3. The highest BCUT2D eigenvalue weighted by Gasteiger charge is 2.41. The minimum atomic E-state index is 0.100. The number of nitrogens with zero attached hydrogens (tertiary/aromatic N) is 2. The second kappa shape index (κ2) is 6.88. The molecule has 0 bridgehead atoms. The predicted octanol–water partition coefficient (Wildman–Crippen LogP) is 6.03. The van der Waals surface area contributed by atoms with E-state index in [0.717, 1.165) is 18.5 Å². The molecule has 2 atom stereocenters. The number of aromatic nitrogens is 1. The normalized spacial score (nSPS) is 18.6. The van der Waals surface area contributed by atoms with E-state index in [0.29, 0.717) is 6.54 Å². The van der Waals surface area contributed by atoms with Gasteiger partial charge in [0.2, 0.25) is 0 Å². The Morgan fingerprint density at radius 1 is 0.964 bits per heavy atom. The molecule has 4 aromatic rings. The minimum absolute atomic E-state index is 0.100. The summed E-state index contributed by atoms with van der Waals surface area (Å²) in [6.07, 6.45) is 1.23. The van der Waals surface area contributed by atoms with Gasteiger partial charge < -0.3 is 9.30 Å². The zero-order valence-corrected chi connectivity index (χ0v) is 15.9. The Bertz CT molecular complexity index is 1160. The first-order valence-corrected chi connectivity index (χ1v) is 9.86. The summed E-state index contributed by atoms with van der Waals surface area (Å²) in [5.41, 5.74) is 13.4. The number of para-hydroxylation sites is 1. The minimum Gasteiger partial charge on any atom is -0.364 e. The van der Waals surface area contributed by atoms with Crippen molar-refractivity contribution in [1.29, 1.82) is 5.53 Å². The lowest BCUT2D eigenvalue weighted by Gasteiger charge is -2.09. The monoisotopic (exact) mass is 369 g/mol. The lowest BCUT2D eigenvalue weighted by Crippen LogP contribution is -2.00. The molecule has 1 fully saturated rings. The van der Waals surface area contributed by atoms with Gasteiger partial charge in [0.05, 0.1) is 18.2 Å². The number of epoxide rings is 1. The smallest absolute Gasteiger partial charge is 0.112 e. The van der Waals surface area contributed by atoms with Crippen molar-refractivity contribution in [1.82, 2.24) is 4.57 Å². The fraction of sp³-hybridized carbons (Fsp3) is 0.250. The zero-order valence-electron chi connectivity index (χ0n) is 15.9. The maximum absolute atomic E-state index is 7.32. The van der Waals surface area contributed by atoms with Gasteiger partial charge in [0, 0.05) is 34.8 Å². The van der Waals surface area contributed by atoms with Crippen LogP contribution in [0.25, 0.3) is 21.8 Å². The van der Waals surface area contributed by atoms with E-state index in [2.05, 4.69) is 77.3 Å². The average molecular weight is 369 g/mol. The number of hydrogen-bond donors (Lipinski definition) is 1. The highest BCUT2D eigenvalue weighted by atomic mass is 16.6. The van der Waals surface area contributed by atoms with Crippen molar-refractivity contribution < 1.29 is 4.74 Å². The maximum Gasteiger partial charge on any atom is 0.112 e. The lowest BCUT2D eigenvalue weighted by molar-refractivity contribution is 0.373. The third-order valence-electron chi connectivity index (χ3n) is 5.70. The number of benzene rings is 3. The van der Waals surface area contributed by atoms with E-state index in [-0.39, 0.29) is 12.2 Å². The quantitative estimate of drug-likeness (QED) is 0.327. The second-order valence-corrected chi connectivity index (χ2v) is 7.44. The van der Waals surface area contributed by atoms with Gasteiger partial charge in [-0.25, -0.2) is 5.53 Å². The molecule has 140 valence electrons. The molecule has 5 rings (SSSR count). The number of fused-ring (bicyclic) bond motifs is 3. The van der Waals surface area contributed by atoms with E-state index in [1.54, 1.807) is 0 Å². The van der Waals surface area contributed by atoms with Gasteiger partial charge in [-0.05, 0) is 36.2 Å². The van der Waals surface area contributed by atoms with Crippen LogP contribution in [0, 0.1) is 5.53 Å². The summed E-state index contributed by atoms with van der Waals surface area (Å²) in [7, 11) is 0. The summed E-state index contributed by atoms with van der Waals surface area (Å²) in [4.78, 5) is 0. The van der Waals surface area contributed by atoms with Crippen LogP contribution in [0.15, 0.2) is 71.8 Å². The molecular weight excluding hydrogens is 346 g/mol. The highest BCUT2D eigenvalue weighted by Crippen LogP contribution is 2.45. The molecule has 0 aliphatic carbocycles. The standard InChI is InChI=1S/C24H23N3O/c1-2-27-21-11-7-6-10-18(21)19-12-17(15-26-25)13-20(23(19)27)24-22(28-24)14-16-8-4-3-5-9-16/h3-13,22,24-25H,2,14-15H2,1H3. The first-order chi connectivity index (χ1) is 13.8. The molecule has 4 nitrogen and oxygen atoms in total. The molecule has 1 aromatic heterocycles. The summed E-state index contributed by atoms with van der Waals surface area (Å²) in [5, 5.41) is 6.13. The SMILES string of the molecule is CCn1c2ccccc2c2cc(CN=N)cc(C3OC3Cc3ccccc3)c21. The Hall–Kier alpha value is -2.98. The topological polar surface area (TPSA) is 53.7 Å². The molecule has 0 radical (unpaired) electrons. The van der Waals surface area contributed by atoms with Crippen LogP contribution in [0.4, 0.5) is 0 Å². The number of rotatable bonds is 6. The predicted molar refractivity (Wildman–Crippen MR) is 112 cm³/mol. The van der Waals surface area contributed by atoms with E-state index in [9.17, 15) is 0 Å². The van der Waals surface area contributed by atoms with Crippen molar-refractivity contribution in [2.24, 2.45) is 5.11 Å². The van der Waals surface area contributed by atoms with Gasteiger partial charge in [0.25, 0.3) is 0 Å². The zero-order chi connectivity index (χ0) is 19.1. The van der Waals surface area contributed by atoms with Crippen LogP contribution in [0.2, 0.25) is 0 Å². The third kappa shape index (κ3) is 2.81. The summed E-state index contributed by atoms with van der Waals surface area (Å²) < 4.78 is 8.54. The molecule has 2 heterocycles. The van der Waals surface area contributed by atoms with E-state index >= 15 is 0 Å². The molecule has 2 unspecified atom stereocenters. The molecular formula is C24H23N3O. The molecule has 3 aromatic carbocycles. The van der Waals surface area contributed by atoms with Crippen LogP contribution in [0.3, 0.4) is 0 Å². The molecule has 0 spiro atoms. The van der Waals surface area contributed by atoms with Crippen LogP contribution in [-0.2, 0) is 24.2 Å². The summed E-state index contributed by atoms with van der Waals surface area (Å²) in [6.45, 7) is 3.51. The van der Waals surface area contributed by atoms with Crippen LogP contribution in [-0.4, -0.2) is 10.7 Å². The first-order valence-electron chi connectivity index (χ1n) is 9.86. The van der Waals surface area contributed by atoms with Gasteiger partial charge in [-0.2, -0.15) is 5.11 Å². The van der Waals surface area contributed by atoms with Gasteiger partial charge in [-0.15, -0.1) is 0 Å². The Morgan fingerprint density at radius 2 is 1.75 bits per heavy atom. The van der Waals surface area contributed by atoms with Gasteiger partial charge in [0.1, 0.15) is 6.10 Å². The van der Waals surface area contributed by atoms with Crippen molar-refractivity contribution >= 4 is 21.8 Å². The Labute approximate surface area is 164 Å². The lowest BCUT2D eigenvalue weighted by atomic mass is 9.99. The molecule has 0 amide bonds. The Balaban J connectivity index is 1.64. The summed E-state index contributed by atoms with van der Waals surface area (Å²) in [6, 6.07) is 23.5. The van der Waals surface area contributed by atoms with Gasteiger partial charge in [0.15, 0.2) is 0 Å². The summed E-state index contributed by atoms with van der Waals surface area (Å²) >= 11 is 0. The Morgan fingerprint density at radius 3 is 2.54 bits per heavy atom. The molecule has 0 saturated carbocycles. The van der Waals surface area contributed by atoms with Gasteiger partial charge >= 0.3 is 0 Å². The molecule has 1 aliphatic rings. The van der Waals surface area contributed by atoms with Crippen molar-refractivity contribution in [3.05, 3.63) is 83.4 Å². The Kier molecular flexibility index (Phi) is 4.21. The third-order valence-corrected chi connectivity index (χ3v) is 5.70. The molecule has 1 N–H and O–H groups in total. The van der Waals surface area contributed by atoms with E-state index in [4.69, 9.17) is 10.3 Å². The number of aryl methyl sites for hydroxylation is 1. The number of nitrogens with one attached hydrogen (secondary N) is 1. The molecule has 4 heteroatoms. The number of ether oxygens (including phenoxy) is 1. The summed E-state index contributed by atoms with van der Waals surface area (Å²) in [5.74, 6) is 0. The van der Waals surface area contributed by atoms with Crippen molar-refractivity contribution in [3.8, 4) is 0 Å². The van der Waals surface area contributed by atoms with Crippen molar-refractivity contribution in [2.45, 2.75) is 38.6 Å². The van der Waals surface area contributed by atoms with E-state index in [1.807, 2.05) is 6.07 Å². The van der Waals surface area contributed by atoms with E-state index in [1.165, 1.54) is 32.9 Å². The van der Waals surface area contributed by atoms with Crippen LogP contribution in [0.1, 0.15) is 29.7 Å². The van der Waals surface area contributed by atoms with Crippen molar-refractivity contribution in [2.75, 3.05) is 0 Å². The average Bonchev–Trinajstić information content (AvgIpc) is 3.41. The van der Waals surface area contributed by atoms with Crippen molar-refractivity contribution in [3.63, 3.8) is 0 Å². The van der Waals surface area contributed by atoms with Crippen LogP contribution in [0.5, 0.6) is 0 Å². The fourth-order valence-electron chi connectivity index (χ4n) is 4.43. The maximum atomic E-state index is 7.32. The van der Waals surface area contributed by atoms with Crippen LogP contribution < -0.4 is 0 Å². The largest absolute Gasteiger partial charge is 0.364 e. The molecule has 28 heavy (non-hydrogen) atoms.